The summed E-state index contributed by atoms with van der Waals surface area (Å²) >= 11 is 0. The molecule has 8 bridgehead atoms. The molecule has 2 atom stereocenters. The quantitative estimate of drug-likeness (QED) is 0.138. The van der Waals surface area contributed by atoms with Gasteiger partial charge in [0.2, 0.25) is 0 Å². The van der Waals surface area contributed by atoms with Crippen molar-refractivity contribution >= 4 is 11.9 Å². The minimum Gasteiger partial charge on any atom is -0.507 e. The van der Waals surface area contributed by atoms with Gasteiger partial charge in [-0.2, -0.15) is 0 Å². The molecule has 72 heavy (non-hydrogen) atoms. The zero-order valence-corrected chi connectivity index (χ0v) is 48.1. The fourth-order valence-corrected chi connectivity index (χ4v) is 10.6. The monoisotopic (exact) mass is 991 g/mol. The predicted octanol–water partition coefficient (Wildman–Crippen LogP) is 13.1. The van der Waals surface area contributed by atoms with Gasteiger partial charge in [-0.05, 0) is 102 Å². The van der Waals surface area contributed by atoms with Gasteiger partial charge < -0.3 is 29.9 Å². The Hall–Kier alpha value is -5.06. The van der Waals surface area contributed by atoms with Gasteiger partial charge in [0, 0.05) is 59.3 Å². The van der Waals surface area contributed by atoms with Crippen molar-refractivity contribution in [3.8, 4) is 23.0 Å². The Morgan fingerprint density at radius 2 is 0.625 bits per heavy atom. The zero-order chi connectivity index (χ0) is 54.8. The van der Waals surface area contributed by atoms with Crippen molar-refractivity contribution in [2.24, 2.45) is 11.8 Å². The molecule has 4 N–H and O–H groups in total. The molecule has 4 aromatic rings. The molecule has 10 heteroatoms. The van der Waals surface area contributed by atoms with Crippen LogP contribution in [0.25, 0.3) is 0 Å². The topological polar surface area (TPSA) is 140 Å². The van der Waals surface area contributed by atoms with E-state index in [1.165, 1.54) is 14.2 Å². The lowest BCUT2D eigenvalue weighted by Crippen LogP contribution is -2.45. The fourth-order valence-electron chi connectivity index (χ4n) is 10.6. The van der Waals surface area contributed by atoms with Crippen LogP contribution in [-0.4, -0.2) is 68.5 Å². The van der Waals surface area contributed by atoms with E-state index in [9.17, 15) is 30.0 Å². The molecule has 4 aromatic carbocycles. The van der Waals surface area contributed by atoms with Gasteiger partial charge in [0.1, 0.15) is 35.1 Å². The van der Waals surface area contributed by atoms with Crippen LogP contribution >= 0.6 is 0 Å². The van der Waals surface area contributed by atoms with Gasteiger partial charge in [-0.15, -0.1) is 0 Å². The van der Waals surface area contributed by atoms with E-state index in [-0.39, 0.29) is 61.0 Å². The molecule has 2 unspecified atom stereocenters. The van der Waals surface area contributed by atoms with E-state index in [1.54, 1.807) is 0 Å². The van der Waals surface area contributed by atoms with Crippen molar-refractivity contribution in [1.29, 1.82) is 0 Å². The average Bonchev–Trinajstić information content (AvgIpc) is 3.23. The summed E-state index contributed by atoms with van der Waals surface area (Å²) in [5, 5.41) is 50.0. The van der Waals surface area contributed by atoms with Crippen molar-refractivity contribution in [2.75, 3.05) is 14.2 Å². The highest BCUT2D eigenvalue weighted by atomic mass is 16.5. The number of benzene rings is 4. The second-order valence-electron chi connectivity index (χ2n) is 26.6. The molecule has 0 fully saturated rings. The largest absolute Gasteiger partial charge is 0.507 e. The summed E-state index contributed by atoms with van der Waals surface area (Å²) in [6.07, 6.45) is 0. The van der Waals surface area contributed by atoms with E-state index in [1.807, 2.05) is 61.8 Å². The van der Waals surface area contributed by atoms with Crippen LogP contribution in [0.3, 0.4) is 0 Å². The normalized spacial score (nSPS) is 17.1. The lowest BCUT2D eigenvalue weighted by atomic mass is 9.72. The number of fused-ring (bicyclic) bond motifs is 8. The van der Waals surface area contributed by atoms with E-state index < -0.39 is 56.5 Å². The number of phenolic OH excluding ortho intramolecular Hbond substituents is 4. The number of hydrogen-bond donors (Lipinski definition) is 4. The van der Waals surface area contributed by atoms with Gasteiger partial charge in [0.15, 0.2) is 0 Å². The maximum Gasteiger partial charge on any atom is 0.323 e. The first-order valence-electron chi connectivity index (χ1n) is 25.9. The van der Waals surface area contributed by atoms with Crippen molar-refractivity contribution < 1.29 is 39.5 Å². The highest BCUT2D eigenvalue weighted by Crippen LogP contribution is 2.47. The van der Waals surface area contributed by atoms with Gasteiger partial charge in [0.25, 0.3) is 0 Å². The van der Waals surface area contributed by atoms with Crippen LogP contribution in [0.5, 0.6) is 23.0 Å². The lowest BCUT2D eigenvalue weighted by Gasteiger charge is -2.37. The molecule has 1 heterocycles. The molecule has 396 valence electrons. The molecule has 0 amide bonds. The van der Waals surface area contributed by atoms with Crippen LogP contribution < -0.4 is 0 Å². The maximum absolute atomic E-state index is 14.1. The Morgan fingerprint density at radius 1 is 0.431 bits per heavy atom. The molecule has 0 saturated heterocycles. The van der Waals surface area contributed by atoms with Gasteiger partial charge in [0.05, 0.1) is 14.2 Å². The van der Waals surface area contributed by atoms with Crippen molar-refractivity contribution in [2.45, 2.75) is 209 Å². The first kappa shape index (κ1) is 57.8. The first-order chi connectivity index (χ1) is 32.8. The third-order valence-corrected chi connectivity index (χ3v) is 15.3. The number of rotatable bonds is 6. The predicted molar refractivity (Wildman–Crippen MR) is 291 cm³/mol. The van der Waals surface area contributed by atoms with Crippen LogP contribution in [0.15, 0.2) is 48.5 Å². The number of carbonyl (C=O) groups excluding carboxylic acids is 2. The second-order valence-corrected chi connectivity index (χ2v) is 26.6. The molecule has 0 spiro atoms. The number of methoxy groups -OCH3 is 2. The van der Waals surface area contributed by atoms with Crippen molar-refractivity contribution in [3.63, 3.8) is 0 Å². The molecule has 1 aliphatic heterocycles. The standard InChI is InChI=1S/C62H90N2O8/c1-35(2)49(55(69)71-21)63-31-37-23-41(27-45(51(37)65)57(5,6)7)61(17,18)43-25-39(53(67)47(29-43)59(11,12)13)33-64(50(36(3)4)56(70)72-22)34-40-26-44(30-48(54(40)68)60(14,15)16)62(19,20)42-24-38(32-63)52(66)46(28-42)58(8,9)10/h23-30,35-36,49-50,65-68H,31-34H2,1-22H3. The van der Waals surface area contributed by atoms with Gasteiger partial charge in [-0.3, -0.25) is 19.4 Å². The van der Waals surface area contributed by atoms with Gasteiger partial charge in [-0.25, -0.2) is 0 Å². The summed E-state index contributed by atoms with van der Waals surface area (Å²) in [5.41, 5.74) is 5.56. The van der Waals surface area contributed by atoms with Gasteiger partial charge >= 0.3 is 11.9 Å². The molecule has 0 aliphatic carbocycles. The minimum absolute atomic E-state index is 0.133. The molecular weight excluding hydrogens is 901 g/mol. The number of esters is 2. The summed E-state index contributed by atoms with van der Waals surface area (Å²) in [4.78, 5) is 32.2. The number of ether oxygens (including phenoxy) is 2. The summed E-state index contributed by atoms with van der Waals surface area (Å²) in [6.45, 7) is 42.0. The Balaban J connectivity index is 2.06. The van der Waals surface area contributed by atoms with Crippen LogP contribution in [0.1, 0.15) is 205 Å². The molecule has 10 nitrogen and oxygen atoms in total. The molecular formula is C62H90N2O8. The third kappa shape index (κ3) is 11.7. The summed E-state index contributed by atoms with van der Waals surface area (Å²) in [5.74, 6) is -0.746. The molecule has 0 radical (unpaired) electrons. The third-order valence-electron chi connectivity index (χ3n) is 15.3. The smallest absolute Gasteiger partial charge is 0.323 e. The Morgan fingerprint density at radius 3 is 0.778 bits per heavy atom. The number of hydrogen-bond acceptors (Lipinski definition) is 10. The zero-order valence-electron chi connectivity index (χ0n) is 48.1. The first-order valence-corrected chi connectivity index (χ1v) is 25.9. The SMILES string of the molecule is COC(=O)C(C(C)C)N1Cc2cc(cc(C(C)(C)C)c2O)C(C)(C)c2cc(c(O)c(C(C)(C)C)c2)CN(C(C(=O)OC)C(C)C)Cc2cc(cc(C(C)(C)C)c2O)C(C)(C)c2cc(c(O)c(C(C)(C)C)c2)C1. The molecule has 5 rings (SSSR count). The van der Waals surface area contributed by atoms with E-state index >= 15 is 0 Å². The van der Waals surface area contributed by atoms with Crippen LogP contribution in [0, 0.1) is 11.8 Å². The lowest BCUT2D eigenvalue weighted by molar-refractivity contribution is -0.150. The summed E-state index contributed by atoms with van der Waals surface area (Å²) < 4.78 is 11.1. The van der Waals surface area contributed by atoms with Crippen LogP contribution in [0.4, 0.5) is 0 Å². The number of aromatic hydroxyl groups is 4. The van der Waals surface area contributed by atoms with Crippen molar-refractivity contribution in [1.82, 2.24) is 9.80 Å². The van der Waals surface area contributed by atoms with E-state index in [0.29, 0.717) is 22.3 Å². The highest BCUT2D eigenvalue weighted by molar-refractivity contribution is 5.76. The minimum atomic E-state index is -0.762. The summed E-state index contributed by atoms with van der Waals surface area (Å²) in [6, 6.07) is 14.9. The maximum atomic E-state index is 14.1. The summed E-state index contributed by atoms with van der Waals surface area (Å²) in [7, 11) is 2.79. The number of carbonyl (C=O) groups is 2. The van der Waals surface area contributed by atoms with Crippen molar-refractivity contribution in [3.05, 3.63) is 115 Å². The number of phenols is 4. The Bertz CT molecular complexity index is 2330. The Kier molecular flexibility index (Phi) is 16.3. The molecule has 0 saturated carbocycles. The highest BCUT2D eigenvalue weighted by Gasteiger charge is 2.39. The van der Waals surface area contributed by atoms with E-state index in [4.69, 9.17) is 9.47 Å². The van der Waals surface area contributed by atoms with Crippen LogP contribution in [-0.2, 0) is 77.7 Å². The van der Waals surface area contributed by atoms with Gasteiger partial charge in [-0.1, -0.05) is 163 Å². The molecule has 0 aromatic heterocycles. The van der Waals surface area contributed by atoms with E-state index in [0.717, 1.165) is 44.5 Å². The average molecular weight is 991 g/mol. The molecule has 1 aliphatic rings. The number of nitrogens with zero attached hydrogens (tertiary/aromatic N) is 2. The van der Waals surface area contributed by atoms with Crippen LogP contribution in [0.2, 0.25) is 0 Å². The fraction of sp³-hybridized carbons (Fsp3) is 0.581. The van der Waals surface area contributed by atoms with E-state index in [2.05, 4.69) is 135 Å². The second kappa shape index (κ2) is 20.3. The Labute approximate surface area is 433 Å².